The summed E-state index contributed by atoms with van der Waals surface area (Å²) in [6.07, 6.45) is 0.0204. The standard InChI is InChI=1S/C12H10F2O2/c1-7-8(5-6-16-7)12(15)11-9(13)3-2-4-10(11)14/h2-6,12,15H,1H3. The van der Waals surface area contributed by atoms with Crippen molar-refractivity contribution >= 4 is 0 Å². The van der Waals surface area contributed by atoms with Gasteiger partial charge in [0, 0.05) is 5.56 Å². The summed E-state index contributed by atoms with van der Waals surface area (Å²) in [6, 6.07) is 4.96. The van der Waals surface area contributed by atoms with Gasteiger partial charge in [-0.3, -0.25) is 0 Å². The lowest BCUT2D eigenvalue weighted by Gasteiger charge is -2.11. The van der Waals surface area contributed by atoms with Crippen LogP contribution in [0.1, 0.15) is 23.0 Å². The lowest BCUT2D eigenvalue weighted by Crippen LogP contribution is -2.05. The summed E-state index contributed by atoms with van der Waals surface area (Å²) in [5.74, 6) is -1.10. The molecule has 2 nitrogen and oxygen atoms in total. The van der Waals surface area contributed by atoms with E-state index in [2.05, 4.69) is 0 Å². The van der Waals surface area contributed by atoms with Crippen LogP contribution in [0.25, 0.3) is 0 Å². The van der Waals surface area contributed by atoms with Crippen LogP contribution in [0.4, 0.5) is 8.78 Å². The Morgan fingerprint density at radius 1 is 1.19 bits per heavy atom. The molecule has 1 unspecified atom stereocenters. The molecule has 0 aliphatic heterocycles. The van der Waals surface area contributed by atoms with Gasteiger partial charge in [0.15, 0.2) is 0 Å². The van der Waals surface area contributed by atoms with Crippen LogP contribution in [0.5, 0.6) is 0 Å². The molecule has 0 saturated carbocycles. The molecule has 0 radical (unpaired) electrons. The molecule has 0 aliphatic carbocycles. The largest absolute Gasteiger partial charge is 0.469 e. The van der Waals surface area contributed by atoms with Gasteiger partial charge in [-0.25, -0.2) is 8.78 Å². The summed E-state index contributed by atoms with van der Waals surface area (Å²) < 4.78 is 31.8. The Balaban J connectivity index is 2.49. The average molecular weight is 224 g/mol. The van der Waals surface area contributed by atoms with Crippen LogP contribution < -0.4 is 0 Å². The van der Waals surface area contributed by atoms with Gasteiger partial charge in [-0.15, -0.1) is 0 Å². The minimum atomic E-state index is -1.35. The molecule has 16 heavy (non-hydrogen) atoms. The van der Waals surface area contributed by atoms with Gasteiger partial charge >= 0.3 is 0 Å². The molecular weight excluding hydrogens is 214 g/mol. The first-order valence-corrected chi connectivity index (χ1v) is 4.77. The highest BCUT2D eigenvalue weighted by atomic mass is 19.1. The van der Waals surface area contributed by atoms with E-state index in [1.165, 1.54) is 18.4 Å². The van der Waals surface area contributed by atoms with E-state index in [0.29, 0.717) is 11.3 Å². The van der Waals surface area contributed by atoms with Gasteiger partial charge in [-0.05, 0) is 25.1 Å². The Morgan fingerprint density at radius 2 is 1.81 bits per heavy atom. The van der Waals surface area contributed by atoms with Gasteiger partial charge in [0.25, 0.3) is 0 Å². The number of aliphatic hydroxyl groups excluding tert-OH is 1. The van der Waals surface area contributed by atoms with E-state index in [9.17, 15) is 13.9 Å². The van der Waals surface area contributed by atoms with Gasteiger partial charge in [-0.1, -0.05) is 6.07 Å². The number of aryl methyl sites for hydroxylation is 1. The van der Waals surface area contributed by atoms with E-state index in [-0.39, 0.29) is 5.56 Å². The highest BCUT2D eigenvalue weighted by Gasteiger charge is 2.21. The summed E-state index contributed by atoms with van der Waals surface area (Å²) in [5.41, 5.74) is 0.0102. The SMILES string of the molecule is Cc1occc1C(O)c1c(F)cccc1F. The number of furan rings is 1. The first-order chi connectivity index (χ1) is 7.61. The van der Waals surface area contributed by atoms with Gasteiger partial charge < -0.3 is 9.52 Å². The first kappa shape index (κ1) is 10.8. The number of halogens is 2. The molecule has 2 rings (SSSR count). The molecule has 0 spiro atoms. The fourth-order valence-corrected chi connectivity index (χ4v) is 1.61. The third-order valence-electron chi connectivity index (χ3n) is 2.47. The summed E-state index contributed by atoms with van der Waals surface area (Å²) in [5, 5.41) is 9.88. The van der Waals surface area contributed by atoms with Crippen LogP contribution in [0.3, 0.4) is 0 Å². The van der Waals surface area contributed by atoms with Crippen LogP contribution in [-0.2, 0) is 0 Å². The predicted molar refractivity (Wildman–Crippen MR) is 53.9 cm³/mol. The maximum Gasteiger partial charge on any atom is 0.132 e. The molecule has 0 saturated heterocycles. The molecule has 1 N–H and O–H groups in total. The van der Waals surface area contributed by atoms with Crippen molar-refractivity contribution in [2.45, 2.75) is 13.0 Å². The number of aliphatic hydroxyl groups is 1. The molecule has 0 amide bonds. The van der Waals surface area contributed by atoms with E-state index in [1.54, 1.807) is 6.92 Å². The molecule has 0 bridgehead atoms. The maximum absolute atomic E-state index is 13.4. The molecule has 1 aromatic heterocycles. The topological polar surface area (TPSA) is 33.4 Å². The monoisotopic (exact) mass is 224 g/mol. The molecule has 2 aromatic rings. The number of hydrogen-bond acceptors (Lipinski definition) is 2. The van der Waals surface area contributed by atoms with E-state index in [0.717, 1.165) is 12.1 Å². The molecule has 0 fully saturated rings. The smallest absolute Gasteiger partial charge is 0.132 e. The van der Waals surface area contributed by atoms with Gasteiger partial charge in [-0.2, -0.15) is 0 Å². The Hall–Kier alpha value is -1.68. The van der Waals surface area contributed by atoms with Crippen LogP contribution in [0, 0.1) is 18.6 Å². The second kappa shape index (κ2) is 4.06. The van der Waals surface area contributed by atoms with Crippen molar-refractivity contribution in [3.63, 3.8) is 0 Å². The van der Waals surface area contributed by atoms with Gasteiger partial charge in [0.2, 0.25) is 0 Å². The number of rotatable bonds is 2. The molecule has 84 valence electrons. The van der Waals surface area contributed by atoms with E-state index in [1.807, 2.05) is 0 Å². The van der Waals surface area contributed by atoms with Crippen molar-refractivity contribution in [2.24, 2.45) is 0 Å². The predicted octanol–water partition coefficient (Wildman–Crippen LogP) is 2.95. The van der Waals surface area contributed by atoms with Crippen molar-refractivity contribution in [3.8, 4) is 0 Å². The Kier molecular flexibility index (Phi) is 2.75. The average Bonchev–Trinajstić information content (AvgIpc) is 2.64. The number of hydrogen-bond donors (Lipinski definition) is 1. The van der Waals surface area contributed by atoms with Gasteiger partial charge in [0.05, 0.1) is 11.8 Å². The van der Waals surface area contributed by atoms with Crippen LogP contribution in [0.2, 0.25) is 0 Å². The zero-order valence-electron chi connectivity index (χ0n) is 8.58. The molecule has 1 aromatic carbocycles. The molecular formula is C12H10F2O2. The third kappa shape index (κ3) is 1.72. The zero-order chi connectivity index (χ0) is 11.7. The fraction of sp³-hybridized carbons (Fsp3) is 0.167. The van der Waals surface area contributed by atoms with Crippen molar-refractivity contribution in [1.29, 1.82) is 0 Å². The second-order valence-corrected chi connectivity index (χ2v) is 3.47. The van der Waals surface area contributed by atoms with Crippen molar-refractivity contribution in [3.05, 3.63) is 59.1 Å². The van der Waals surface area contributed by atoms with Crippen molar-refractivity contribution in [1.82, 2.24) is 0 Å². The normalized spacial score (nSPS) is 12.8. The van der Waals surface area contributed by atoms with Gasteiger partial charge in [0.1, 0.15) is 23.5 Å². The summed E-state index contributed by atoms with van der Waals surface area (Å²) in [4.78, 5) is 0. The Labute approximate surface area is 91.1 Å². The number of benzene rings is 1. The van der Waals surface area contributed by atoms with Crippen molar-refractivity contribution < 1.29 is 18.3 Å². The minimum absolute atomic E-state index is 0.355. The highest BCUT2D eigenvalue weighted by Crippen LogP contribution is 2.29. The molecule has 1 atom stereocenters. The molecule has 1 heterocycles. The third-order valence-corrected chi connectivity index (χ3v) is 2.47. The van der Waals surface area contributed by atoms with Crippen LogP contribution in [-0.4, -0.2) is 5.11 Å². The van der Waals surface area contributed by atoms with E-state index in [4.69, 9.17) is 4.42 Å². The van der Waals surface area contributed by atoms with Crippen LogP contribution in [0.15, 0.2) is 34.9 Å². The Morgan fingerprint density at radius 3 is 2.31 bits per heavy atom. The molecule has 0 aliphatic rings. The summed E-state index contributed by atoms with van der Waals surface area (Å²) in [7, 11) is 0. The summed E-state index contributed by atoms with van der Waals surface area (Å²) >= 11 is 0. The maximum atomic E-state index is 13.4. The summed E-state index contributed by atoms with van der Waals surface area (Å²) in [6.45, 7) is 1.62. The first-order valence-electron chi connectivity index (χ1n) is 4.77. The van der Waals surface area contributed by atoms with Crippen LogP contribution >= 0.6 is 0 Å². The van der Waals surface area contributed by atoms with E-state index < -0.39 is 17.7 Å². The second-order valence-electron chi connectivity index (χ2n) is 3.47. The lowest BCUT2D eigenvalue weighted by molar-refractivity contribution is 0.207. The molecule has 4 heteroatoms. The fourth-order valence-electron chi connectivity index (χ4n) is 1.61. The lowest BCUT2D eigenvalue weighted by atomic mass is 10.0. The quantitative estimate of drug-likeness (QED) is 0.850. The zero-order valence-corrected chi connectivity index (χ0v) is 8.58. The van der Waals surface area contributed by atoms with E-state index >= 15 is 0 Å². The minimum Gasteiger partial charge on any atom is -0.469 e. The Bertz CT molecular complexity index is 485. The van der Waals surface area contributed by atoms with Crippen molar-refractivity contribution in [2.75, 3.05) is 0 Å². The highest BCUT2D eigenvalue weighted by molar-refractivity contribution is 5.32.